The van der Waals surface area contributed by atoms with Gasteiger partial charge in [-0.3, -0.25) is 0 Å². The highest BCUT2D eigenvalue weighted by molar-refractivity contribution is 5.91. The molecule has 7 heteroatoms. The minimum atomic E-state index is -4.56. The monoisotopic (exact) mass is 256 g/mol. The highest BCUT2D eigenvalue weighted by Gasteiger charge is 2.31. The molecule has 0 radical (unpaired) electrons. The summed E-state index contributed by atoms with van der Waals surface area (Å²) >= 11 is 0. The SMILES string of the molecule is COc1ccc(C(F)(F)F)cc1C(=O)O.Cl. The quantitative estimate of drug-likeness (QED) is 0.885. The summed E-state index contributed by atoms with van der Waals surface area (Å²) in [6.45, 7) is 0. The van der Waals surface area contributed by atoms with Crippen molar-refractivity contribution < 1.29 is 27.8 Å². The standard InChI is InChI=1S/C9H7F3O3.ClH/c1-15-7-3-2-5(9(10,11)12)4-6(7)8(13)14;/h2-4H,1H3,(H,13,14);1H. The Labute approximate surface area is 95.2 Å². The van der Waals surface area contributed by atoms with E-state index in [-0.39, 0.29) is 18.2 Å². The van der Waals surface area contributed by atoms with Gasteiger partial charge in [0.1, 0.15) is 11.3 Å². The Hall–Kier alpha value is -1.43. The molecule has 0 aliphatic carbocycles. The van der Waals surface area contributed by atoms with Gasteiger partial charge in [-0.15, -0.1) is 12.4 Å². The number of carboxylic acids is 1. The van der Waals surface area contributed by atoms with Gasteiger partial charge in [-0.05, 0) is 18.2 Å². The first-order valence-electron chi connectivity index (χ1n) is 3.85. The van der Waals surface area contributed by atoms with Gasteiger partial charge in [-0.2, -0.15) is 13.2 Å². The van der Waals surface area contributed by atoms with E-state index in [9.17, 15) is 18.0 Å². The van der Waals surface area contributed by atoms with E-state index in [1.807, 2.05) is 0 Å². The summed E-state index contributed by atoms with van der Waals surface area (Å²) in [4.78, 5) is 10.6. The van der Waals surface area contributed by atoms with Crippen molar-refractivity contribution in [3.8, 4) is 5.75 Å². The second kappa shape index (κ2) is 5.07. The van der Waals surface area contributed by atoms with Crippen LogP contribution in [0.3, 0.4) is 0 Å². The average molecular weight is 257 g/mol. The van der Waals surface area contributed by atoms with E-state index in [1.165, 1.54) is 7.11 Å². The Morgan fingerprint density at radius 1 is 1.38 bits per heavy atom. The van der Waals surface area contributed by atoms with Gasteiger partial charge in [-0.1, -0.05) is 0 Å². The number of methoxy groups -OCH3 is 1. The first kappa shape index (κ1) is 14.6. The summed E-state index contributed by atoms with van der Waals surface area (Å²) in [6, 6.07) is 2.29. The van der Waals surface area contributed by atoms with Crippen LogP contribution in [0.2, 0.25) is 0 Å². The number of carboxylic acid groups (broad SMARTS) is 1. The van der Waals surface area contributed by atoms with Crippen molar-refractivity contribution in [2.24, 2.45) is 0 Å². The zero-order valence-corrected chi connectivity index (χ0v) is 8.85. The highest BCUT2D eigenvalue weighted by atomic mass is 35.5. The molecular formula is C9H8ClF3O3. The normalized spacial score (nSPS) is 10.5. The van der Waals surface area contributed by atoms with E-state index in [0.29, 0.717) is 6.07 Å². The van der Waals surface area contributed by atoms with E-state index >= 15 is 0 Å². The van der Waals surface area contributed by atoms with Crippen LogP contribution in [0.5, 0.6) is 5.75 Å². The van der Waals surface area contributed by atoms with Crippen LogP contribution in [0.1, 0.15) is 15.9 Å². The fourth-order valence-corrected chi connectivity index (χ4v) is 1.05. The second-order valence-electron chi connectivity index (χ2n) is 2.72. The molecule has 1 rings (SSSR count). The van der Waals surface area contributed by atoms with Crippen molar-refractivity contribution in [3.05, 3.63) is 29.3 Å². The molecule has 0 unspecified atom stereocenters. The molecule has 1 aromatic rings. The Morgan fingerprint density at radius 2 is 1.94 bits per heavy atom. The number of carbonyl (C=O) groups is 1. The second-order valence-corrected chi connectivity index (χ2v) is 2.72. The van der Waals surface area contributed by atoms with Crippen molar-refractivity contribution >= 4 is 18.4 Å². The number of halogens is 4. The van der Waals surface area contributed by atoms with Crippen LogP contribution < -0.4 is 4.74 Å². The highest BCUT2D eigenvalue weighted by Crippen LogP contribution is 2.32. The minimum Gasteiger partial charge on any atom is -0.496 e. The molecule has 0 aromatic heterocycles. The number of alkyl halides is 3. The van der Waals surface area contributed by atoms with Crippen LogP contribution >= 0.6 is 12.4 Å². The van der Waals surface area contributed by atoms with Crippen molar-refractivity contribution in [1.82, 2.24) is 0 Å². The summed E-state index contributed by atoms with van der Waals surface area (Å²) in [5.41, 5.74) is -1.52. The van der Waals surface area contributed by atoms with Crippen molar-refractivity contribution in [2.75, 3.05) is 7.11 Å². The number of rotatable bonds is 2. The lowest BCUT2D eigenvalue weighted by Crippen LogP contribution is -2.08. The first-order chi connectivity index (χ1) is 6.86. The van der Waals surface area contributed by atoms with Gasteiger partial charge in [0.25, 0.3) is 0 Å². The molecule has 16 heavy (non-hydrogen) atoms. The van der Waals surface area contributed by atoms with Crippen LogP contribution in [0.4, 0.5) is 13.2 Å². The summed E-state index contributed by atoms with van der Waals surface area (Å²) < 4.78 is 41.3. The molecular weight excluding hydrogens is 249 g/mol. The molecule has 3 nitrogen and oxygen atoms in total. The van der Waals surface area contributed by atoms with Crippen molar-refractivity contribution in [3.63, 3.8) is 0 Å². The maximum absolute atomic E-state index is 12.2. The minimum absolute atomic E-state index is 0. The van der Waals surface area contributed by atoms with Gasteiger partial charge in [0.15, 0.2) is 0 Å². The molecule has 1 N–H and O–H groups in total. The zero-order chi connectivity index (χ0) is 11.6. The van der Waals surface area contributed by atoms with Crippen molar-refractivity contribution in [1.29, 1.82) is 0 Å². The van der Waals surface area contributed by atoms with Gasteiger partial charge >= 0.3 is 12.1 Å². The fourth-order valence-electron chi connectivity index (χ4n) is 1.05. The molecule has 0 saturated heterocycles. The third kappa shape index (κ3) is 3.03. The predicted octanol–water partition coefficient (Wildman–Crippen LogP) is 2.83. The van der Waals surface area contributed by atoms with E-state index in [4.69, 9.17) is 5.11 Å². The third-order valence-electron chi connectivity index (χ3n) is 1.76. The number of aromatic carboxylic acids is 1. The molecule has 0 saturated carbocycles. The topological polar surface area (TPSA) is 46.5 Å². The largest absolute Gasteiger partial charge is 0.496 e. The van der Waals surface area contributed by atoms with E-state index in [2.05, 4.69) is 4.74 Å². The predicted molar refractivity (Wildman–Crippen MR) is 52.2 cm³/mol. The number of hydrogen-bond donors (Lipinski definition) is 1. The van der Waals surface area contributed by atoms with Crippen LogP contribution in [0.25, 0.3) is 0 Å². The Bertz CT molecular complexity index is 390. The molecule has 0 aliphatic rings. The summed E-state index contributed by atoms with van der Waals surface area (Å²) in [5, 5.41) is 8.64. The van der Waals surface area contributed by atoms with E-state index in [0.717, 1.165) is 12.1 Å². The molecule has 0 atom stereocenters. The summed E-state index contributed by atoms with van der Waals surface area (Å²) in [7, 11) is 1.19. The van der Waals surface area contributed by atoms with Crippen molar-refractivity contribution in [2.45, 2.75) is 6.18 Å². The average Bonchev–Trinajstić information content (AvgIpc) is 2.15. The maximum atomic E-state index is 12.2. The lowest BCUT2D eigenvalue weighted by molar-refractivity contribution is -0.137. The van der Waals surface area contributed by atoms with Gasteiger partial charge in [0.05, 0.1) is 12.7 Å². The zero-order valence-electron chi connectivity index (χ0n) is 8.04. The molecule has 1 aromatic carbocycles. The molecule has 0 fully saturated rings. The molecule has 0 aliphatic heterocycles. The molecule has 0 spiro atoms. The molecule has 90 valence electrons. The summed E-state index contributed by atoms with van der Waals surface area (Å²) in [6.07, 6.45) is -4.56. The van der Waals surface area contributed by atoms with Crippen LogP contribution in [-0.2, 0) is 6.18 Å². The first-order valence-corrected chi connectivity index (χ1v) is 3.85. The third-order valence-corrected chi connectivity index (χ3v) is 1.76. The molecule has 0 bridgehead atoms. The Kier molecular flexibility index (Phi) is 4.61. The number of ether oxygens (including phenoxy) is 1. The Morgan fingerprint density at radius 3 is 2.31 bits per heavy atom. The van der Waals surface area contributed by atoms with Gasteiger partial charge in [0.2, 0.25) is 0 Å². The number of hydrogen-bond acceptors (Lipinski definition) is 2. The summed E-state index contributed by atoms with van der Waals surface area (Å²) in [5.74, 6) is -1.56. The Balaban J connectivity index is 0.00000225. The van der Waals surface area contributed by atoms with E-state index < -0.39 is 23.3 Å². The number of benzene rings is 1. The van der Waals surface area contributed by atoms with Gasteiger partial charge in [-0.25, -0.2) is 4.79 Å². The van der Waals surface area contributed by atoms with Gasteiger partial charge in [0, 0.05) is 0 Å². The molecule has 0 heterocycles. The maximum Gasteiger partial charge on any atom is 0.416 e. The van der Waals surface area contributed by atoms with Crippen LogP contribution in [0, 0.1) is 0 Å². The lowest BCUT2D eigenvalue weighted by Gasteiger charge is -2.09. The molecule has 0 amide bonds. The smallest absolute Gasteiger partial charge is 0.416 e. The van der Waals surface area contributed by atoms with E-state index in [1.54, 1.807) is 0 Å². The lowest BCUT2D eigenvalue weighted by atomic mass is 10.1. The van der Waals surface area contributed by atoms with Crippen LogP contribution in [-0.4, -0.2) is 18.2 Å². The fraction of sp³-hybridized carbons (Fsp3) is 0.222. The van der Waals surface area contributed by atoms with Crippen LogP contribution in [0.15, 0.2) is 18.2 Å². The van der Waals surface area contributed by atoms with Gasteiger partial charge < -0.3 is 9.84 Å².